The number of carbonyl (C=O) groups excluding carboxylic acids is 2. The lowest BCUT2D eigenvalue weighted by Gasteiger charge is -2.08. The quantitative estimate of drug-likeness (QED) is 0.557. The summed E-state index contributed by atoms with van der Waals surface area (Å²) >= 11 is 0. The second kappa shape index (κ2) is 7.43. The summed E-state index contributed by atoms with van der Waals surface area (Å²) in [6.07, 6.45) is 0. The monoisotopic (exact) mass is 349 g/mol. The molecule has 0 radical (unpaired) electrons. The third kappa shape index (κ3) is 4.21. The fraction of sp³-hybridized carbons (Fsp3) is 0.0526. The molecule has 3 aromatic rings. The number of esters is 1. The SMILES string of the molecule is CC(=O)Oc1ccc(C(=O)Nc2cccc(-c3ccc(=O)[nH]n3)c2)cc1. The fourth-order valence-corrected chi connectivity index (χ4v) is 2.31. The fourth-order valence-electron chi connectivity index (χ4n) is 2.31. The van der Waals surface area contributed by atoms with Crippen molar-refractivity contribution >= 4 is 17.6 Å². The summed E-state index contributed by atoms with van der Waals surface area (Å²) < 4.78 is 4.94. The van der Waals surface area contributed by atoms with Crippen LogP contribution < -0.4 is 15.6 Å². The zero-order chi connectivity index (χ0) is 18.5. The molecule has 0 saturated heterocycles. The molecule has 0 aliphatic heterocycles. The summed E-state index contributed by atoms with van der Waals surface area (Å²) in [5.74, 6) is -0.346. The Morgan fingerprint density at radius 3 is 2.46 bits per heavy atom. The number of aromatic amines is 1. The Balaban J connectivity index is 1.75. The van der Waals surface area contributed by atoms with Gasteiger partial charge in [0.25, 0.3) is 11.5 Å². The topological polar surface area (TPSA) is 101 Å². The van der Waals surface area contributed by atoms with Crippen LogP contribution in [0.15, 0.2) is 65.5 Å². The zero-order valence-electron chi connectivity index (χ0n) is 13.9. The molecule has 0 aliphatic rings. The van der Waals surface area contributed by atoms with E-state index in [2.05, 4.69) is 15.5 Å². The Hall–Kier alpha value is -3.74. The highest BCUT2D eigenvalue weighted by atomic mass is 16.5. The first-order valence-corrected chi connectivity index (χ1v) is 7.77. The van der Waals surface area contributed by atoms with Crippen molar-refractivity contribution in [3.63, 3.8) is 0 Å². The van der Waals surface area contributed by atoms with Gasteiger partial charge in [-0.05, 0) is 42.5 Å². The van der Waals surface area contributed by atoms with E-state index < -0.39 is 5.97 Å². The lowest BCUT2D eigenvalue weighted by atomic mass is 10.1. The molecule has 0 aliphatic carbocycles. The highest BCUT2D eigenvalue weighted by Gasteiger charge is 2.08. The number of aromatic nitrogens is 2. The summed E-state index contributed by atoms with van der Waals surface area (Å²) in [6.45, 7) is 1.31. The Kier molecular flexibility index (Phi) is 4.89. The number of amides is 1. The van der Waals surface area contributed by atoms with Gasteiger partial charge in [-0.25, -0.2) is 5.10 Å². The minimum Gasteiger partial charge on any atom is -0.427 e. The average Bonchev–Trinajstić information content (AvgIpc) is 2.62. The van der Waals surface area contributed by atoms with Crippen molar-refractivity contribution in [2.75, 3.05) is 5.32 Å². The van der Waals surface area contributed by atoms with E-state index in [1.165, 1.54) is 13.0 Å². The van der Waals surface area contributed by atoms with Crippen LogP contribution in [0.1, 0.15) is 17.3 Å². The van der Waals surface area contributed by atoms with E-state index in [-0.39, 0.29) is 11.5 Å². The second-order valence-electron chi connectivity index (χ2n) is 5.46. The Labute approximate surface area is 148 Å². The predicted octanol–water partition coefficient (Wildman–Crippen LogP) is 2.61. The molecule has 1 aromatic heterocycles. The maximum Gasteiger partial charge on any atom is 0.308 e. The van der Waals surface area contributed by atoms with Gasteiger partial charge < -0.3 is 10.1 Å². The van der Waals surface area contributed by atoms with Crippen molar-refractivity contribution in [1.29, 1.82) is 0 Å². The molecular formula is C19H15N3O4. The molecule has 2 N–H and O–H groups in total. The van der Waals surface area contributed by atoms with E-state index >= 15 is 0 Å². The number of carbonyl (C=O) groups is 2. The van der Waals surface area contributed by atoms with Gasteiger partial charge in [0.2, 0.25) is 0 Å². The maximum atomic E-state index is 12.4. The summed E-state index contributed by atoms with van der Waals surface area (Å²) in [4.78, 5) is 34.4. The van der Waals surface area contributed by atoms with Gasteiger partial charge in [-0.15, -0.1) is 0 Å². The summed E-state index contributed by atoms with van der Waals surface area (Å²) in [5.41, 5.74) is 2.07. The molecule has 7 nitrogen and oxygen atoms in total. The first-order chi connectivity index (χ1) is 12.5. The number of anilines is 1. The maximum absolute atomic E-state index is 12.4. The second-order valence-corrected chi connectivity index (χ2v) is 5.46. The first-order valence-electron chi connectivity index (χ1n) is 7.77. The highest BCUT2D eigenvalue weighted by Crippen LogP contribution is 2.20. The standard InChI is InChI=1S/C19H15N3O4/c1-12(23)26-16-7-5-13(6-8-16)19(25)20-15-4-2-3-14(11-15)17-9-10-18(24)22-21-17/h2-11H,1H3,(H,20,25)(H,22,24). The Bertz CT molecular complexity index is 989. The molecule has 26 heavy (non-hydrogen) atoms. The molecule has 0 spiro atoms. The van der Waals surface area contributed by atoms with Crippen LogP contribution in [0.25, 0.3) is 11.3 Å². The molecule has 0 atom stereocenters. The van der Waals surface area contributed by atoms with Gasteiger partial charge in [0.05, 0.1) is 5.69 Å². The lowest BCUT2D eigenvalue weighted by molar-refractivity contribution is -0.131. The molecule has 0 saturated carbocycles. The summed E-state index contributed by atoms with van der Waals surface area (Å²) in [5, 5.41) is 9.14. The number of rotatable bonds is 4. The van der Waals surface area contributed by atoms with E-state index in [1.54, 1.807) is 48.5 Å². The van der Waals surface area contributed by atoms with Crippen LogP contribution >= 0.6 is 0 Å². The van der Waals surface area contributed by atoms with Crippen LogP contribution in [0.3, 0.4) is 0 Å². The molecule has 0 fully saturated rings. The number of benzene rings is 2. The molecule has 0 unspecified atom stereocenters. The average molecular weight is 349 g/mol. The van der Waals surface area contributed by atoms with E-state index in [0.29, 0.717) is 22.7 Å². The van der Waals surface area contributed by atoms with Crippen LogP contribution in [0.4, 0.5) is 5.69 Å². The Morgan fingerprint density at radius 1 is 1.04 bits per heavy atom. The highest BCUT2D eigenvalue weighted by molar-refractivity contribution is 6.04. The summed E-state index contributed by atoms with van der Waals surface area (Å²) in [7, 11) is 0. The van der Waals surface area contributed by atoms with Crippen molar-refractivity contribution in [3.05, 3.63) is 76.6 Å². The molecule has 1 heterocycles. The van der Waals surface area contributed by atoms with Gasteiger partial charge >= 0.3 is 5.97 Å². The molecule has 2 aromatic carbocycles. The third-order valence-electron chi connectivity index (χ3n) is 3.47. The van der Waals surface area contributed by atoms with Crippen LogP contribution in [-0.4, -0.2) is 22.1 Å². The molecule has 130 valence electrons. The van der Waals surface area contributed by atoms with Crippen molar-refractivity contribution in [2.24, 2.45) is 0 Å². The molecule has 7 heteroatoms. The summed E-state index contributed by atoms with van der Waals surface area (Å²) in [6, 6.07) is 16.3. The van der Waals surface area contributed by atoms with Gasteiger partial charge in [0.1, 0.15) is 5.75 Å². The van der Waals surface area contributed by atoms with E-state index in [9.17, 15) is 14.4 Å². The van der Waals surface area contributed by atoms with E-state index in [4.69, 9.17) is 4.74 Å². The number of ether oxygens (including phenoxy) is 1. The van der Waals surface area contributed by atoms with Gasteiger partial charge in [0, 0.05) is 29.8 Å². The van der Waals surface area contributed by atoms with Crippen molar-refractivity contribution < 1.29 is 14.3 Å². The zero-order valence-corrected chi connectivity index (χ0v) is 13.9. The van der Waals surface area contributed by atoms with E-state index in [1.807, 2.05) is 6.07 Å². The van der Waals surface area contributed by atoms with E-state index in [0.717, 1.165) is 5.56 Å². The smallest absolute Gasteiger partial charge is 0.308 e. The predicted molar refractivity (Wildman–Crippen MR) is 96.0 cm³/mol. The number of hydrogen-bond acceptors (Lipinski definition) is 5. The molecular weight excluding hydrogens is 334 g/mol. The van der Waals surface area contributed by atoms with Gasteiger partial charge in [0.15, 0.2) is 0 Å². The van der Waals surface area contributed by atoms with Crippen LogP contribution in [-0.2, 0) is 4.79 Å². The molecule has 3 rings (SSSR count). The minimum absolute atomic E-state index is 0.282. The van der Waals surface area contributed by atoms with Crippen molar-refractivity contribution in [3.8, 4) is 17.0 Å². The van der Waals surface area contributed by atoms with Crippen molar-refractivity contribution in [1.82, 2.24) is 10.2 Å². The number of H-pyrrole nitrogens is 1. The Morgan fingerprint density at radius 2 is 1.81 bits per heavy atom. The number of nitrogens with one attached hydrogen (secondary N) is 2. The van der Waals surface area contributed by atoms with Gasteiger partial charge in [-0.2, -0.15) is 5.10 Å². The molecule has 1 amide bonds. The van der Waals surface area contributed by atoms with Crippen LogP contribution in [0.2, 0.25) is 0 Å². The van der Waals surface area contributed by atoms with Crippen LogP contribution in [0, 0.1) is 0 Å². The van der Waals surface area contributed by atoms with Crippen molar-refractivity contribution in [2.45, 2.75) is 6.92 Å². The third-order valence-corrected chi connectivity index (χ3v) is 3.47. The van der Waals surface area contributed by atoms with Gasteiger partial charge in [-0.3, -0.25) is 14.4 Å². The van der Waals surface area contributed by atoms with Crippen LogP contribution in [0.5, 0.6) is 5.75 Å². The first kappa shape index (κ1) is 17.1. The number of nitrogens with zero attached hydrogens (tertiary/aromatic N) is 1. The number of hydrogen-bond donors (Lipinski definition) is 2. The molecule has 0 bridgehead atoms. The normalized spacial score (nSPS) is 10.2. The minimum atomic E-state index is -0.421. The van der Waals surface area contributed by atoms with Gasteiger partial charge in [-0.1, -0.05) is 12.1 Å². The lowest BCUT2D eigenvalue weighted by Crippen LogP contribution is -2.12. The largest absolute Gasteiger partial charge is 0.427 e.